The average molecular weight is 380 g/mol. The molecule has 1 aromatic carbocycles. The third-order valence-electron chi connectivity index (χ3n) is 2.47. The second-order valence-electron chi connectivity index (χ2n) is 3.55. The van der Waals surface area contributed by atoms with Crippen LogP contribution in [0.25, 0.3) is 0 Å². The molecule has 0 aliphatic rings. The summed E-state index contributed by atoms with van der Waals surface area (Å²) in [5.41, 5.74) is 1.32. The number of aliphatic hydroxyl groups excluding tert-OH is 1. The Bertz CT molecular complexity index is 537. The smallest absolute Gasteiger partial charge is 0.123 e. The third kappa shape index (κ3) is 2.42. The first kappa shape index (κ1) is 13.1. The zero-order valence-corrected chi connectivity index (χ0v) is 12.8. The maximum atomic E-state index is 10.4. The van der Waals surface area contributed by atoms with Crippen LogP contribution in [0.2, 0.25) is 5.02 Å². The van der Waals surface area contributed by atoms with Gasteiger partial charge in [-0.05, 0) is 37.9 Å². The van der Waals surface area contributed by atoms with Gasteiger partial charge in [-0.25, -0.2) is 0 Å². The number of nitrogens with zero attached hydrogens (tertiary/aromatic N) is 2. The number of halogens is 3. The van der Waals surface area contributed by atoms with Crippen molar-refractivity contribution in [1.82, 2.24) is 9.78 Å². The molecule has 90 valence electrons. The van der Waals surface area contributed by atoms with Crippen molar-refractivity contribution in [2.24, 2.45) is 7.05 Å². The fourth-order valence-electron chi connectivity index (χ4n) is 1.61. The molecule has 2 rings (SSSR count). The topological polar surface area (TPSA) is 38.0 Å². The molecule has 1 N–H and O–H groups in total. The van der Waals surface area contributed by atoms with Gasteiger partial charge in [-0.1, -0.05) is 23.7 Å². The second kappa shape index (κ2) is 5.10. The van der Waals surface area contributed by atoms with Gasteiger partial charge in [0.15, 0.2) is 0 Å². The molecule has 0 radical (unpaired) electrons. The van der Waals surface area contributed by atoms with Crippen LogP contribution in [0, 0.1) is 0 Å². The van der Waals surface area contributed by atoms with Gasteiger partial charge in [0.05, 0.1) is 21.4 Å². The summed E-state index contributed by atoms with van der Waals surface area (Å²) in [7, 11) is 1.77. The number of benzene rings is 1. The van der Waals surface area contributed by atoms with Gasteiger partial charge in [0.25, 0.3) is 0 Å². The summed E-state index contributed by atoms with van der Waals surface area (Å²) < 4.78 is 3.13. The minimum atomic E-state index is -0.818. The van der Waals surface area contributed by atoms with Crippen LogP contribution in [0.4, 0.5) is 0 Å². The second-order valence-corrected chi connectivity index (χ2v) is 5.63. The number of aryl methyl sites for hydroxylation is 1. The van der Waals surface area contributed by atoms with Gasteiger partial charge in [0.1, 0.15) is 6.10 Å². The SMILES string of the molecule is Cn1ncc(Br)c1C(O)c1cccc(Br)c1Cl. The van der Waals surface area contributed by atoms with E-state index in [-0.39, 0.29) is 0 Å². The first-order valence-corrected chi connectivity index (χ1v) is 6.78. The number of aliphatic hydroxyl groups is 1. The van der Waals surface area contributed by atoms with E-state index >= 15 is 0 Å². The van der Waals surface area contributed by atoms with Crippen molar-refractivity contribution in [1.29, 1.82) is 0 Å². The lowest BCUT2D eigenvalue weighted by atomic mass is 10.1. The summed E-state index contributed by atoms with van der Waals surface area (Å²) in [6.45, 7) is 0. The van der Waals surface area contributed by atoms with Gasteiger partial charge in [0, 0.05) is 17.1 Å². The van der Waals surface area contributed by atoms with E-state index < -0.39 is 6.10 Å². The normalized spacial score (nSPS) is 12.8. The molecular weight excluding hydrogens is 371 g/mol. The largest absolute Gasteiger partial charge is 0.382 e. The molecule has 1 heterocycles. The van der Waals surface area contributed by atoms with E-state index in [1.54, 1.807) is 24.0 Å². The summed E-state index contributed by atoms with van der Waals surface area (Å²) in [5.74, 6) is 0. The standard InChI is InChI=1S/C11H9Br2ClN2O/c1-16-10(8(13)5-15-16)11(17)6-3-2-4-7(12)9(6)14/h2-5,11,17H,1H3. The highest BCUT2D eigenvalue weighted by atomic mass is 79.9. The van der Waals surface area contributed by atoms with E-state index in [0.717, 1.165) is 8.95 Å². The van der Waals surface area contributed by atoms with Crippen molar-refractivity contribution >= 4 is 43.5 Å². The minimum absolute atomic E-state index is 0.508. The molecule has 0 amide bonds. The summed E-state index contributed by atoms with van der Waals surface area (Å²) in [5, 5.41) is 14.9. The van der Waals surface area contributed by atoms with Crippen LogP contribution >= 0.6 is 43.5 Å². The van der Waals surface area contributed by atoms with Crippen molar-refractivity contribution in [2.75, 3.05) is 0 Å². The molecule has 1 unspecified atom stereocenters. The van der Waals surface area contributed by atoms with E-state index in [2.05, 4.69) is 37.0 Å². The average Bonchev–Trinajstić information content (AvgIpc) is 2.62. The predicted octanol–water partition coefficient (Wildman–Crippen LogP) is 3.68. The molecule has 1 aromatic heterocycles. The summed E-state index contributed by atoms with van der Waals surface area (Å²) in [4.78, 5) is 0. The quantitative estimate of drug-likeness (QED) is 0.863. The Labute approximate surface area is 121 Å². The van der Waals surface area contributed by atoms with Gasteiger partial charge in [-0.3, -0.25) is 4.68 Å². The highest BCUT2D eigenvalue weighted by Gasteiger charge is 2.21. The van der Waals surface area contributed by atoms with Gasteiger partial charge in [0.2, 0.25) is 0 Å². The molecule has 0 saturated heterocycles. The van der Waals surface area contributed by atoms with Crippen molar-refractivity contribution in [3.05, 3.63) is 49.6 Å². The van der Waals surface area contributed by atoms with E-state index in [0.29, 0.717) is 16.3 Å². The van der Waals surface area contributed by atoms with Crippen LogP contribution < -0.4 is 0 Å². The lowest BCUT2D eigenvalue weighted by Crippen LogP contribution is -2.08. The minimum Gasteiger partial charge on any atom is -0.382 e. The first-order chi connectivity index (χ1) is 8.02. The first-order valence-electron chi connectivity index (χ1n) is 4.81. The van der Waals surface area contributed by atoms with E-state index in [1.165, 1.54) is 0 Å². The van der Waals surface area contributed by atoms with Crippen LogP contribution in [-0.2, 0) is 7.05 Å². The van der Waals surface area contributed by atoms with Crippen LogP contribution in [0.5, 0.6) is 0 Å². The van der Waals surface area contributed by atoms with Crippen LogP contribution in [0.3, 0.4) is 0 Å². The Morgan fingerprint density at radius 2 is 2.06 bits per heavy atom. The fourth-order valence-corrected chi connectivity index (χ4v) is 2.78. The Balaban J connectivity index is 2.51. The van der Waals surface area contributed by atoms with Crippen LogP contribution in [-0.4, -0.2) is 14.9 Å². The molecular formula is C11H9Br2ClN2O. The Morgan fingerprint density at radius 1 is 1.35 bits per heavy atom. The van der Waals surface area contributed by atoms with Gasteiger partial charge < -0.3 is 5.11 Å². The molecule has 3 nitrogen and oxygen atoms in total. The molecule has 17 heavy (non-hydrogen) atoms. The van der Waals surface area contributed by atoms with Crippen molar-refractivity contribution in [3.8, 4) is 0 Å². The zero-order valence-electron chi connectivity index (χ0n) is 8.86. The molecule has 2 aromatic rings. The Hall–Kier alpha value is -0.360. The highest BCUT2D eigenvalue weighted by Crippen LogP contribution is 2.35. The fraction of sp³-hybridized carbons (Fsp3) is 0.182. The van der Waals surface area contributed by atoms with E-state index in [4.69, 9.17) is 11.6 Å². The molecule has 6 heteroatoms. The van der Waals surface area contributed by atoms with Gasteiger partial charge >= 0.3 is 0 Å². The monoisotopic (exact) mass is 378 g/mol. The highest BCUT2D eigenvalue weighted by molar-refractivity contribution is 9.10. The lowest BCUT2D eigenvalue weighted by molar-refractivity contribution is 0.209. The molecule has 0 bridgehead atoms. The van der Waals surface area contributed by atoms with Gasteiger partial charge in [-0.2, -0.15) is 5.10 Å². The predicted molar refractivity (Wildman–Crippen MR) is 74.1 cm³/mol. The van der Waals surface area contributed by atoms with Crippen LogP contribution in [0.15, 0.2) is 33.3 Å². The number of aromatic nitrogens is 2. The molecule has 0 aliphatic heterocycles. The number of hydrogen-bond acceptors (Lipinski definition) is 2. The summed E-state index contributed by atoms with van der Waals surface area (Å²) in [6, 6.07) is 5.45. The van der Waals surface area contributed by atoms with Gasteiger partial charge in [-0.15, -0.1) is 0 Å². The number of hydrogen-bond donors (Lipinski definition) is 1. The Kier molecular flexibility index (Phi) is 3.92. The molecule has 0 aliphatic carbocycles. The van der Waals surface area contributed by atoms with Crippen molar-refractivity contribution < 1.29 is 5.11 Å². The van der Waals surface area contributed by atoms with Crippen molar-refractivity contribution in [2.45, 2.75) is 6.10 Å². The molecule has 0 saturated carbocycles. The van der Waals surface area contributed by atoms with E-state index in [9.17, 15) is 5.11 Å². The zero-order chi connectivity index (χ0) is 12.6. The molecule has 0 spiro atoms. The summed E-state index contributed by atoms with van der Waals surface area (Å²) in [6.07, 6.45) is 0.826. The van der Waals surface area contributed by atoms with Crippen molar-refractivity contribution in [3.63, 3.8) is 0 Å². The number of rotatable bonds is 2. The van der Waals surface area contributed by atoms with Crippen LogP contribution in [0.1, 0.15) is 17.4 Å². The lowest BCUT2D eigenvalue weighted by Gasteiger charge is -2.14. The maximum absolute atomic E-state index is 10.4. The molecule has 1 atom stereocenters. The Morgan fingerprint density at radius 3 is 2.65 bits per heavy atom. The molecule has 0 fully saturated rings. The summed E-state index contributed by atoms with van der Waals surface area (Å²) >= 11 is 12.9. The maximum Gasteiger partial charge on any atom is 0.123 e. The van der Waals surface area contributed by atoms with E-state index in [1.807, 2.05) is 12.1 Å². The third-order valence-corrected chi connectivity index (χ3v) is 4.39.